The fourth-order valence-electron chi connectivity index (χ4n) is 2.26. The second kappa shape index (κ2) is 6.04. The van der Waals surface area contributed by atoms with Crippen molar-refractivity contribution in [2.45, 2.75) is 46.1 Å². The molecule has 0 spiro atoms. The van der Waals surface area contributed by atoms with Crippen molar-refractivity contribution >= 4 is 5.97 Å². The van der Waals surface area contributed by atoms with Crippen molar-refractivity contribution in [3.8, 4) is 0 Å². The molecule has 1 saturated carbocycles. The van der Waals surface area contributed by atoms with Crippen molar-refractivity contribution in [2.75, 3.05) is 13.2 Å². The van der Waals surface area contributed by atoms with E-state index in [0.29, 0.717) is 18.1 Å². The fraction of sp³-hybridized carbons (Fsp3) is 0.769. The van der Waals surface area contributed by atoms with Crippen LogP contribution >= 0.6 is 0 Å². The zero-order valence-electron chi connectivity index (χ0n) is 10.6. The molecule has 1 unspecified atom stereocenters. The molecule has 16 heavy (non-hydrogen) atoms. The lowest BCUT2D eigenvalue weighted by Crippen LogP contribution is -2.37. The molecule has 0 aromatic heterocycles. The van der Waals surface area contributed by atoms with Crippen LogP contribution in [0.15, 0.2) is 12.2 Å². The molecule has 0 aromatic carbocycles. The highest BCUT2D eigenvalue weighted by Crippen LogP contribution is 2.36. The summed E-state index contributed by atoms with van der Waals surface area (Å²) in [5, 5.41) is 3.47. The van der Waals surface area contributed by atoms with E-state index < -0.39 is 0 Å². The molecule has 0 radical (unpaired) electrons. The molecule has 0 bridgehead atoms. The van der Waals surface area contributed by atoms with Gasteiger partial charge in [-0.3, -0.25) is 0 Å². The van der Waals surface area contributed by atoms with Gasteiger partial charge in [0.25, 0.3) is 0 Å². The smallest absolute Gasteiger partial charge is 0.330 e. The van der Waals surface area contributed by atoms with Gasteiger partial charge in [0, 0.05) is 18.7 Å². The van der Waals surface area contributed by atoms with Crippen LogP contribution in [0.25, 0.3) is 0 Å². The maximum atomic E-state index is 11.0. The summed E-state index contributed by atoms with van der Waals surface area (Å²) in [6.07, 6.45) is 7.16. The Morgan fingerprint density at radius 3 is 2.88 bits per heavy atom. The zero-order valence-corrected chi connectivity index (χ0v) is 10.6. The molecular weight excluding hydrogens is 202 g/mol. The van der Waals surface area contributed by atoms with E-state index in [-0.39, 0.29) is 5.97 Å². The van der Waals surface area contributed by atoms with E-state index in [1.165, 1.54) is 25.3 Å². The summed E-state index contributed by atoms with van der Waals surface area (Å²) >= 11 is 0. The van der Waals surface area contributed by atoms with Crippen LogP contribution in [0.2, 0.25) is 0 Å². The van der Waals surface area contributed by atoms with Crippen LogP contribution < -0.4 is 5.32 Å². The third-order valence-corrected chi connectivity index (χ3v) is 3.28. The Kier molecular flexibility index (Phi) is 5.00. The van der Waals surface area contributed by atoms with Gasteiger partial charge in [0.1, 0.15) is 0 Å². The predicted octanol–water partition coefficient (Wildman–Crippen LogP) is 2.27. The molecule has 1 rings (SSSR count). The summed E-state index contributed by atoms with van der Waals surface area (Å²) in [5.41, 5.74) is 0.387. The van der Waals surface area contributed by atoms with E-state index in [1.807, 2.05) is 13.0 Å². The number of nitrogens with one attached hydrogen (secondary N) is 1. The zero-order chi connectivity index (χ0) is 12.0. The highest BCUT2D eigenvalue weighted by atomic mass is 16.5. The first-order valence-electron chi connectivity index (χ1n) is 6.13. The summed E-state index contributed by atoms with van der Waals surface area (Å²) in [5.74, 6) is -0.255. The van der Waals surface area contributed by atoms with E-state index in [9.17, 15) is 4.79 Å². The van der Waals surface area contributed by atoms with Crippen molar-refractivity contribution in [3.63, 3.8) is 0 Å². The summed E-state index contributed by atoms with van der Waals surface area (Å²) in [6, 6.07) is 0.569. The molecule has 1 aliphatic rings. The van der Waals surface area contributed by atoms with Crippen LogP contribution in [0.5, 0.6) is 0 Å². The molecule has 1 atom stereocenters. The summed E-state index contributed by atoms with van der Waals surface area (Å²) < 4.78 is 4.80. The summed E-state index contributed by atoms with van der Waals surface area (Å²) in [7, 11) is 0. The fourth-order valence-corrected chi connectivity index (χ4v) is 2.26. The Morgan fingerprint density at radius 2 is 2.31 bits per heavy atom. The van der Waals surface area contributed by atoms with Gasteiger partial charge in [-0.15, -0.1) is 0 Å². The third kappa shape index (κ3) is 3.97. The lowest BCUT2D eigenvalue weighted by Gasteiger charge is -2.27. The standard InChI is InChI=1S/C13H23NO2/c1-4-16-12(15)8-6-10-14-11-7-5-9-13(11,2)3/h6,8,11,14H,4-5,7,9-10H2,1-3H3/b8-6+. The average molecular weight is 225 g/mol. The number of hydrogen-bond donors (Lipinski definition) is 1. The molecule has 92 valence electrons. The van der Waals surface area contributed by atoms with Gasteiger partial charge in [0.15, 0.2) is 0 Å². The first-order chi connectivity index (χ1) is 7.56. The van der Waals surface area contributed by atoms with Gasteiger partial charge in [-0.05, 0) is 25.2 Å². The molecule has 0 amide bonds. The van der Waals surface area contributed by atoms with Gasteiger partial charge in [-0.25, -0.2) is 4.79 Å². The maximum absolute atomic E-state index is 11.0. The summed E-state index contributed by atoms with van der Waals surface area (Å²) in [6.45, 7) is 7.59. The molecule has 1 fully saturated rings. The Balaban J connectivity index is 2.23. The topological polar surface area (TPSA) is 38.3 Å². The van der Waals surface area contributed by atoms with Crippen LogP contribution in [0.4, 0.5) is 0 Å². The number of hydrogen-bond acceptors (Lipinski definition) is 3. The highest BCUT2D eigenvalue weighted by Gasteiger charge is 2.33. The van der Waals surface area contributed by atoms with Crippen LogP contribution in [0, 0.1) is 5.41 Å². The van der Waals surface area contributed by atoms with Crippen LogP contribution in [0.1, 0.15) is 40.0 Å². The van der Waals surface area contributed by atoms with Crippen molar-refractivity contribution in [1.29, 1.82) is 0 Å². The lowest BCUT2D eigenvalue weighted by molar-refractivity contribution is -0.137. The van der Waals surface area contributed by atoms with Gasteiger partial charge in [-0.1, -0.05) is 26.3 Å². The molecule has 0 aromatic rings. The van der Waals surface area contributed by atoms with Gasteiger partial charge >= 0.3 is 5.97 Å². The number of carbonyl (C=O) groups is 1. The second-order valence-electron chi connectivity index (χ2n) is 5.00. The highest BCUT2D eigenvalue weighted by molar-refractivity contribution is 5.81. The Labute approximate surface area is 98.2 Å². The molecule has 0 heterocycles. The monoisotopic (exact) mass is 225 g/mol. The van der Waals surface area contributed by atoms with Crippen molar-refractivity contribution < 1.29 is 9.53 Å². The van der Waals surface area contributed by atoms with Gasteiger partial charge < -0.3 is 10.1 Å². The molecule has 0 saturated heterocycles. The van der Waals surface area contributed by atoms with Gasteiger partial charge in [0.05, 0.1) is 6.61 Å². The maximum Gasteiger partial charge on any atom is 0.330 e. The molecule has 3 nitrogen and oxygen atoms in total. The first-order valence-corrected chi connectivity index (χ1v) is 6.13. The number of esters is 1. The van der Waals surface area contributed by atoms with Gasteiger partial charge in [0.2, 0.25) is 0 Å². The minimum Gasteiger partial charge on any atom is -0.463 e. The number of carbonyl (C=O) groups excluding carboxylic acids is 1. The van der Waals surface area contributed by atoms with E-state index >= 15 is 0 Å². The normalized spacial score (nSPS) is 23.8. The minimum atomic E-state index is -0.255. The minimum absolute atomic E-state index is 0.255. The quantitative estimate of drug-likeness (QED) is 0.576. The Bertz CT molecular complexity index is 259. The van der Waals surface area contributed by atoms with Crippen molar-refractivity contribution in [1.82, 2.24) is 5.32 Å². The number of ether oxygens (including phenoxy) is 1. The first kappa shape index (κ1) is 13.2. The molecular formula is C13H23NO2. The average Bonchev–Trinajstić information content (AvgIpc) is 2.53. The van der Waals surface area contributed by atoms with Crippen molar-refractivity contribution in [3.05, 3.63) is 12.2 Å². The van der Waals surface area contributed by atoms with Gasteiger partial charge in [-0.2, -0.15) is 0 Å². The molecule has 0 aliphatic heterocycles. The Hall–Kier alpha value is -0.830. The lowest BCUT2D eigenvalue weighted by atomic mass is 9.87. The van der Waals surface area contributed by atoms with E-state index in [2.05, 4.69) is 19.2 Å². The largest absolute Gasteiger partial charge is 0.463 e. The van der Waals surface area contributed by atoms with E-state index in [1.54, 1.807) is 0 Å². The van der Waals surface area contributed by atoms with E-state index in [0.717, 1.165) is 6.54 Å². The Morgan fingerprint density at radius 1 is 1.56 bits per heavy atom. The summed E-state index contributed by atoms with van der Waals surface area (Å²) in [4.78, 5) is 11.0. The third-order valence-electron chi connectivity index (χ3n) is 3.28. The predicted molar refractivity (Wildman–Crippen MR) is 65.2 cm³/mol. The van der Waals surface area contributed by atoms with Crippen LogP contribution in [0.3, 0.4) is 0 Å². The molecule has 3 heteroatoms. The van der Waals surface area contributed by atoms with E-state index in [4.69, 9.17) is 4.74 Å². The molecule has 1 N–H and O–H groups in total. The molecule has 1 aliphatic carbocycles. The number of rotatable bonds is 5. The van der Waals surface area contributed by atoms with Crippen LogP contribution in [-0.4, -0.2) is 25.2 Å². The second-order valence-corrected chi connectivity index (χ2v) is 5.00. The van der Waals surface area contributed by atoms with Crippen molar-refractivity contribution in [2.24, 2.45) is 5.41 Å². The SMILES string of the molecule is CCOC(=O)/C=C/CNC1CCCC1(C)C. The van der Waals surface area contributed by atoms with Crippen LogP contribution in [-0.2, 0) is 9.53 Å².